The normalized spacial score (nSPS) is 11.9. The van der Waals surface area contributed by atoms with Gasteiger partial charge in [-0.2, -0.15) is 5.21 Å². The number of aromatic amines is 1. The number of nitrogens with one attached hydrogen (secondary N) is 2. The monoisotopic (exact) mass is 355 g/mol. The molecule has 1 aromatic heterocycles. The smallest absolute Gasteiger partial charge is 0.227 e. The van der Waals surface area contributed by atoms with E-state index in [-0.39, 0.29) is 11.8 Å². The first-order valence-corrected chi connectivity index (χ1v) is 8.35. The Balaban J connectivity index is 1.57. The molecule has 6 nitrogen and oxygen atoms in total. The Labute approximate surface area is 150 Å². The van der Waals surface area contributed by atoms with Gasteiger partial charge in [0.2, 0.25) is 5.91 Å². The van der Waals surface area contributed by atoms with Crippen LogP contribution in [0.1, 0.15) is 23.9 Å². The van der Waals surface area contributed by atoms with Crippen molar-refractivity contribution in [3.05, 3.63) is 70.5 Å². The maximum atomic E-state index is 12.4. The number of H-pyrrole nitrogens is 1. The third-order valence-corrected chi connectivity index (χ3v) is 4.27. The molecule has 1 unspecified atom stereocenters. The van der Waals surface area contributed by atoms with Crippen LogP contribution in [-0.4, -0.2) is 26.5 Å². The molecule has 0 fully saturated rings. The Morgan fingerprint density at radius 1 is 1.20 bits per heavy atom. The van der Waals surface area contributed by atoms with Crippen LogP contribution in [0.4, 0.5) is 5.69 Å². The lowest BCUT2D eigenvalue weighted by molar-refractivity contribution is -0.119. The summed E-state index contributed by atoms with van der Waals surface area (Å²) in [6.07, 6.45) is 1.19. The first kappa shape index (κ1) is 17.1. The Kier molecular flexibility index (Phi) is 5.40. The SMILES string of the molecule is CC(Cc1ccccc1Cl)C(=O)Nc1ccc(Cc2nn[nH]n2)cc1. The van der Waals surface area contributed by atoms with E-state index >= 15 is 0 Å². The molecule has 0 aliphatic carbocycles. The average Bonchev–Trinajstić information content (AvgIpc) is 3.11. The summed E-state index contributed by atoms with van der Waals surface area (Å²) in [7, 11) is 0. The molecule has 0 saturated heterocycles. The lowest BCUT2D eigenvalue weighted by atomic mass is 10.00. The number of halogens is 1. The van der Waals surface area contributed by atoms with Gasteiger partial charge < -0.3 is 5.32 Å². The van der Waals surface area contributed by atoms with E-state index in [1.165, 1.54) is 0 Å². The minimum absolute atomic E-state index is 0.0363. The summed E-state index contributed by atoms with van der Waals surface area (Å²) in [5.41, 5.74) is 2.78. The number of hydrogen-bond acceptors (Lipinski definition) is 4. The zero-order valence-corrected chi connectivity index (χ0v) is 14.5. The quantitative estimate of drug-likeness (QED) is 0.710. The molecule has 0 aliphatic rings. The van der Waals surface area contributed by atoms with Gasteiger partial charge >= 0.3 is 0 Å². The molecule has 128 valence electrons. The Morgan fingerprint density at radius 2 is 1.96 bits per heavy atom. The number of hydrogen-bond donors (Lipinski definition) is 2. The maximum Gasteiger partial charge on any atom is 0.227 e. The van der Waals surface area contributed by atoms with Crippen LogP contribution in [0, 0.1) is 5.92 Å². The van der Waals surface area contributed by atoms with Crippen molar-refractivity contribution in [1.82, 2.24) is 20.6 Å². The fraction of sp³-hybridized carbons (Fsp3) is 0.222. The fourth-order valence-electron chi connectivity index (χ4n) is 2.50. The first-order chi connectivity index (χ1) is 12.1. The van der Waals surface area contributed by atoms with Crippen LogP contribution in [-0.2, 0) is 17.6 Å². The number of anilines is 1. The van der Waals surface area contributed by atoms with Gasteiger partial charge in [-0.1, -0.05) is 54.1 Å². The van der Waals surface area contributed by atoms with Gasteiger partial charge in [-0.05, 0) is 35.7 Å². The molecule has 0 aliphatic heterocycles. The van der Waals surface area contributed by atoms with Gasteiger partial charge in [0.05, 0.1) is 0 Å². The van der Waals surface area contributed by atoms with E-state index in [9.17, 15) is 4.79 Å². The standard InChI is InChI=1S/C18H18ClN5O/c1-12(10-14-4-2-3-5-16(14)19)18(25)20-15-8-6-13(7-9-15)11-17-21-23-24-22-17/h2-9,12H,10-11H2,1H3,(H,20,25)(H,21,22,23,24). The zero-order chi connectivity index (χ0) is 17.6. The van der Waals surface area contributed by atoms with Gasteiger partial charge in [0.25, 0.3) is 0 Å². The van der Waals surface area contributed by atoms with Crippen molar-refractivity contribution < 1.29 is 4.79 Å². The van der Waals surface area contributed by atoms with E-state index in [2.05, 4.69) is 25.9 Å². The summed E-state index contributed by atoms with van der Waals surface area (Å²) < 4.78 is 0. The predicted octanol–water partition coefficient (Wildman–Crippen LogP) is 3.26. The highest BCUT2D eigenvalue weighted by Gasteiger charge is 2.15. The topological polar surface area (TPSA) is 83.6 Å². The van der Waals surface area contributed by atoms with Gasteiger partial charge in [0.1, 0.15) is 0 Å². The second kappa shape index (κ2) is 7.90. The molecule has 0 bridgehead atoms. The van der Waals surface area contributed by atoms with E-state index in [1.54, 1.807) is 0 Å². The van der Waals surface area contributed by atoms with Crippen molar-refractivity contribution in [2.24, 2.45) is 5.92 Å². The van der Waals surface area contributed by atoms with Crippen molar-refractivity contribution in [2.45, 2.75) is 19.8 Å². The first-order valence-electron chi connectivity index (χ1n) is 7.97. The number of nitrogens with zero attached hydrogens (tertiary/aromatic N) is 3. The van der Waals surface area contributed by atoms with Crippen molar-refractivity contribution in [3.8, 4) is 0 Å². The van der Waals surface area contributed by atoms with Gasteiger partial charge in [-0.15, -0.1) is 10.2 Å². The Hall–Kier alpha value is -2.73. The summed E-state index contributed by atoms with van der Waals surface area (Å²) in [4.78, 5) is 12.4. The summed E-state index contributed by atoms with van der Waals surface area (Å²) in [6.45, 7) is 1.89. The fourth-order valence-corrected chi connectivity index (χ4v) is 2.71. The molecule has 2 N–H and O–H groups in total. The van der Waals surface area contributed by atoms with Crippen molar-refractivity contribution in [3.63, 3.8) is 0 Å². The van der Waals surface area contributed by atoms with E-state index in [0.29, 0.717) is 23.7 Å². The van der Waals surface area contributed by atoms with E-state index in [0.717, 1.165) is 16.8 Å². The number of amides is 1. The second-order valence-electron chi connectivity index (χ2n) is 5.89. The van der Waals surface area contributed by atoms with Crippen LogP contribution in [0.5, 0.6) is 0 Å². The molecule has 0 radical (unpaired) electrons. The molecule has 3 aromatic rings. The highest BCUT2D eigenvalue weighted by molar-refractivity contribution is 6.31. The molecule has 3 rings (SSSR count). The maximum absolute atomic E-state index is 12.4. The van der Waals surface area contributed by atoms with Crippen LogP contribution in [0.3, 0.4) is 0 Å². The number of carbonyl (C=O) groups is 1. The average molecular weight is 356 g/mol. The molecular weight excluding hydrogens is 338 g/mol. The van der Waals surface area contributed by atoms with Gasteiger partial charge in [0, 0.05) is 23.0 Å². The highest BCUT2D eigenvalue weighted by Crippen LogP contribution is 2.20. The molecule has 0 spiro atoms. The molecule has 1 atom stereocenters. The number of carbonyl (C=O) groups excluding carboxylic acids is 1. The lowest BCUT2D eigenvalue weighted by Gasteiger charge is -2.13. The Morgan fingerprint density at radius 3 is 2.64 bits per heavy atom. The van der Waals surface area contributed by atoms with Crippen LogP contribution < -0.4 is 5.32 Å². The third kappa shape index (κ3) is 4.64. The van der Waals surface area contributed by atoms with Crippen molar-refractivity contribution in [2.75, 3.05) is 5.32 Å². The van der Waals surface area contributed by atoms with Gasteiger partial charge in [0.15, 0.2) is 5.82 Å². The van der Waals surface area contributed by atoms with E-state index in [4.69, 9.17) is 11.6 Å². The molecular formula is C18H18ClN5O. The van der Waals surface area contributed by atoms with Crippen LogP contribution in [0.15, 0.2) is 48.5 Å². The van der Waals surface area contributed by atoms with Crippen molar-refractivity contribution >= 4 is 23.2 Å². The number of aromatic nitrogens is 4. The second-order valence-corrected chi connectivity index (χ2v) is 6.29. The highest BCUT2D eigenvalue weighted by atomic mass is 35.5. The molecule has 1 amide bonds. The summed E-state index contributed by atoms with van der Waals surface area (Å²) >= 11 is 6.16. The lowest BCUT2D eigenvalue weighted by Crippen LogP contribution is -2.22. The van der Waals surface area contributed by atoms with Crippen LogP contribution in [0.2, 0.25) is 5.02 Å². The van der Waals surface area contributed by atoms with Crippen molar-refractivity contribution in [1.29, 1.82) is 0 Å². The summed E-state index contributed by atoms with van der Waals surface area (Å²) in [6, 6.07) is 15.2. The summed E-state index contributed by atoms with van der Waals surface area (Å²) in [5.74, 6) is 0.412. The Bertz CT molecular complexity index is 833. The minimum atomic E-state index is -0.182. The minimum Gasteiger partial charge on any atom is -0.326 e. The summed E-state index contributed by atoms with van der Waals surface area (Å²) in [5, 5.41) is 17.4. The molecule has 2 aromatic carbocycles. The van der Waals surface area contributed by atoms with Gasteiger partial charge in [-0.3, -0.25) is 4.79 Å². The predicted molar refractivity (Wildman–Crippen MR) is 96.4 cm³/mol. The van der Waals surface area contributed by atoms with E-state index in [1.807, 2.05) is 55.5 Å². The zero-order valence-electron chi connectivity index (χ0n) is 13.7. The van der Waals surface area contributed by atoms with E-state index < -0.39 is 0 Å². The molecule has 0 saturated carbocycles. The largest absolute Gasteiger partial charge is 0.326 e. The molecule has 1 heterocycles. The third-order valence-electron chi connectivity index (χ3n) is 3.90. The van der Waals surface area contributed by atoms with Crippen LogP contribution in [0.25, 0.3) is 0 Å². The number of rotatable bonds is 6. The van der Waals surface area contributed by atoms with Gasteiger partial charge in [-0.25, -0.2) is 0 Å². The number of tetrazole rings is 1. The molecule has 7 heteroatoms. The molecule has 25 heavy (non-hydrogen) atoms. The number of benzene rings is 2. The van der Waals surface area contributed by atoms with Crippen LogP contribution >= 0.6 is 11.6 Å².